The number of halogens is 6. The lowest BCUT2D eigenvalue weighted by Crippen LogP contribution is -2.18. The number of fused-ring (bicyclic) bond motifs is 1. The standard InChI is InChI=1S/C20H15ClF5N3/c21-11-3-1-10(2-4-11)20-12-5-7-27-8-6-14(12)28-29(20)9-13-15(22)17(24)19(26)18(25)16(13)23/h1-4,27H,5-9H2. The first-order chi connectivity index (χ1) is 13.9. The zero-order valence-electron chi connectivity index (χ0n) is 15.0. The minimum atomic E-state index is -2.18. The van der Waals surface area contributed by atoms with Crippen LogP contribution in [0.4, 0.5) is 22.0 Å². The second-order valence-corrected chi connectivity index (χ2v) is 7.17. The fourth-order valence-corrected chi connectivity index (χ4v) is 3.67. The summed E-state index contributed by atoms with van der Waals surface area (Å²) in [4.78, 5) is 0. The predicted octanol–water partition coefficient (Wildman–Crippen LogP) is 4.64. The molecule has 3 aromatic rings. The summed E-state index contributed by atoms with van der Waals surface area (Å²) in [6, 6.07) is 6.78. The molecule has 0 atom stereocenters. The van der Waals surface area contributed by atoms with Crippen molar-refractivity contribution in [2.75, 3.05) is 13.1 Å². The summed E-state index contributed by atoms with van der Waals surface area (Å²) in [7, 11) is 0. The molecule has 0 saturated carbocycles. The maximum absolute atomic E-state index is 14.2. The van der Waals surface area contributed by atoms with Crippen LogP contribution in [0.3, 0.4) is 0 Å². The van der Waals surface area contributed by atoms with Crippen LogP contribution in [0.2, 0.25) is 5.02 Å². The maximum atomic E-state index is 14.2. The van der Waals surface area contributed by atoms with E-state index < -0.39 is 41.2 Å². The molecule has 9 heteroatoms. The molecular formula is C20H15ClF5N3. The molecule has 0 saturated heterocycles. The molecule has 0 spiro atoms. The average Bonchev–Trinajstić information content (AvgIpc) is 2.89. The van der Waals surface area contributed by atoms with E-state index in [4.69, 9.17) is 11.6 Å². The topological polar surface area (TPSA) is 29.9 Å². The lowest BCUT2D eigenvalue weighted by atomic mass is 10.0. The largest absolute Gasteiger partial charge is 0.316 e. The van der Waals surface area contributed by atoms with Gasteiger partial charge in [0.15, 0.2) is 23.3 Å². The van der Waals surface area contributed by atoms with Crippen LogP contribution in [0.5, 0.6) is 0 Å². The van der Waals surface area contributed by atoms with Crippen LogP contribution in [0.15, 0.2) is 24.3 Å². The third kappa shape index (κ3) is 3.51. The fourth-order valence-electron chi connectivity index (χ4n) is 3.54. The number of hydrogen-bond acceptors (Lipinski definition) is 2. The van der Waals surface area contributed by atoms with Gasteiger partial charge in [-0.1, -0.05) is 23.7 Å². The van der Waals surface area contributed by atoms with Gasteiger partial charge in [0.2, 0.25) is 5.82 Å². The molecule has 0 bridgehead atoms. The van der Waals surface area contributed by atoms with Crippen molar-refractivity contribution < 1.29 is 22.0 Å². The van der Waals surface area contributed by atoms with Gasteiger partial charge in [-0.25, -0.2) is 22.0 Å². The monoisotopic (exact) mass is 427 g/mol. The normalized spacial score (nSPS) is 14.0. The number of aromatic nitrogens is 2. The molecule has 0 aliphatic carbocycles. The summed E-state index contributed by atoms with van der Waals surface area (Å²) >= 11 is 5.95. The van der Waals surface area contributed by atoms with E-state index in [0.29, 0.717) is 42.2 Å². The van der Waals surface area contributed by atoms with Crippen LogP contribution < -0.4 is 5.32 Å². The Hall–Kier alpha value is -2.45. The van der Waals surface area contributed by atoms with Gasteiger partial charge in [-0.05, 0) is 25.1 Å². The zero-order chi connectivity index (χ0) is 20.7. The first-order valence-electron chi connectivity index (χ1n) is 8.94. The van der Waals surface area contributed by atoms with Gasteiger partial charge in [-0.3, -0.25) is 4.68 Å². The third-order valence-electron chi connectivity index (χ3n) is 4.95. The summed E-state index contributed by atoms with van der Waals surface area (Å²) in [5, 5.41) is 8.19. The molecule has 0 unspecified atom stereocenters. The Morgan fingerprint density at radius 2 is 1.45 bits per heavy atom. The fraction of sp³-hybridized carbons (Fsp3) is 0.250. The quantitative estimate of drug-likeness (QED) is 0.375. The first-order valence-corrected chi connectivity index (χ1v) is 9.31. The van der Waals surface area contributed by atoms with Crippen molar-refractivity contribution in [2.45, 2.75) is 19.4 Å². The summed E-state index contributed by atoms with van der Waals surface area (Å²) in [6.45, 7) is 0.762. The highest BCUT2D eigenvalue weighted by molar-refractivity contribution is 6.30. The molecule has 1 aromatic heterocycles. The molecule has 0 fully saturated rings. The maximum Gasteiger partial charge on any atom is 0.200 e. The molecule has 0 amide bonds. The van der Waals surface area contributed by atoms with Crippen LogP contribution in [-0.2, 0) is 19.4 Å². The van der Waals surface area contributed by atoms with E-state index in [0.717, 1.165) is 11.3 Å². The zero-order valence-corrected chi connectivity index (χ0v) is 15.8. The van der Waals surface area contributed by atoms with Gasteiger partial charge >= 0.3 is 0 Å². The summed E-state index contributed by atoms with van der Waals surface area (Å²) in [5.74, 6) is -9.81. The van der Waals surface area contributed by atoms with Gasteiger partial charge in [0, 0.05) is 29.1 Å². The number of rotatable bonds is 3. The van der Waals surface area contributed by atoms with Crippen LogP contribution in [0.1, 0.15) is 16.8 Å². The molecule has 1 aliphatic rings. The molecule has 152 valence electrons. The molecular weight excluding hydrogens is 413 g/mol. The lowest BCUT2D eigenvalue weighted by Gasteiger charge is -2.13. The Morgan fingerprint density at radius 3 is 2.10 bits per heavy atom. The van der Waals surface area contributed by atoms with Crippen LogP contribution in [0.25, 0.3) is 11.3 Å². The Kier molecular flexibility index (Phi) is 5.31. The minimum Gasteiger partial charge on any atom is -0.316 e. The summed E-state index contributed by atoms with van der Waals surface area (Å²) < 4.78 is 70.4. The highest BCUT2D eigenvalue weighted by Crippen LogP contribution is 2.31. The van der Waals surface area contributed by atoms with E-state index in [2.05, 4.69) is 10.4 Å². The van der Waals surface area contributed by atoms with E-state index in [9.17, 15) is 22.0 Å². The molecule has 29 heavy (non-hydrogen) atoms. The minimum absolute atomic E-state index is 0.507. The van der Waals surface area contributed by atoms with Gasteiger partial charge in [0.25, 0.3) is 0 Å². The SMILES string of the molecule is Fc1c(F)c(F)c(Cn2nc3c(c2-c2ccc(Cl)cc2)CCNCC3)c(F)c1F. The Bertz CT molecular complexity index is 1050. The number of benzene rings is 2. The third-order valence-corrected chi connectivity index (χ3v) is 5.20. The molecule has 4 rings (SSSR count). The first kappa shape index (κ1) is 19.8. The number of nitrogens with one attached hydrogen (secondary N) is 1. The van der Waals surface area contributed by atoms with Gasteiger partial charge in [0.05, 0.1) is 23.5 Å². The summed E-state index contributed by atoms with van der Waals surface area (Å²) in [5.41, 5.74) is 1.94. The molecule has 2 heterocycles. The number of nitrogens with zero attached hydrogens (tertiary/aromatic N) is 2. The van der Waals surface area contributed by atoms with E-state index in [1.54, 1.807) is 24.3 Å². The van der Waals surface area contributed by atoms with Gasteiger partial charge < -0.3 is 5.32 Å². The van der Waals surface area contributed by atoms with E-state index in [1.165, 1.54) is 4.68 Å². The van der Waals surface area contributed by atoms with Gasteiger partial charge in [-0.2, -0.15) is 5.10 Å². The number of hydrogen-bond donors (Lipinski definition) is 1. The Labute approximate surface area is 168 Å². The molecule has 2 aromatic carbocycles. The van der Waals surface area contributed by atoms with Crippen LogP contribution in [0, 0.1) is 29.1 Å². The van der Waals surface area contributed by atoms with Crippen molar-refractivity contribution in [1.82, 2.24) is 15.1 Å². The van der Waals surface area contributed by atoms with E-state index in [-0.39, 0.29) is 0 Å². The highest BCUT2D eigenvalue weighted by Gasteiger charge is 2.28. The molecule has 0 radical (unpaired) electrons. The van der Waals surface area contributed by atoms with E-state index in [1.807, 2.05) is 0 Å². The van der Waals surface area contributed by atoms with Crippen molar-refractivity contribution in [3.8, 4) is 11.3 Å². The van der Waals surface area contributed by atoms with Gasteiger partial charge in [0.1, 0.15) is 0 Å². The van der Waals surface area contributed by atoms with Crippen molar-refractivity contribution >= 4 is 11.6 Å². The average molecular weight is 428 g/mol. The molecule has 1 aliphatic heterocycles. The van der Waals surface area contributed by atoms with Crippen molar-refractivity contribution in [3.63, 3.8) is 0 Å². The Morgan fingerprint density at radius 1 is 0.862 bits per heavy atom. The van der Waals surface area contributed by atoms with Crippen LogP contribution in [-0.4, -0.2) is 22.9 Å². The van der Waals surface area contributed by atoms with Crippen molar-refractivity contribution in [2.24, 2.45) is 0 Å². The highest BCUT2D eigenvalue weighted by atomic mass is 35.5. The lowest BCUT2D eigenvalue weighted by molar-refractivity contribution is 0.367. The smallest absolute Gasteiger partial charge is 0.200 e. The van der Waals surface area contributed by atoms with Crippen LogP contribution >= 0.6 is 11.6 Å². The van der Waals surface area contributed by atoms with Crippen molar-refractivity contribution in [1.29, 1.82) is 0 Å². The molecule has 1 N–H and O–H groups in total. The second kappa shape index (κ2) is 7.76. The summed E-state index contributed by atoms with van der Waals surface area (Å²) in [6.07, 6.45) is 1.20. The Balaban J connectivity index is 1.88. The van der Waals surface area contributed by atoms with Crippen molar-refractivity contribution in [3.05, 3.63) is 75.2 Å². The predicted molar refractivity (Wildman–Crippen MR) is 98.3 cm³/mol. The molecule has 3 nitrogen and oxygen atoms in total. The second-order valence-electron chi connectivity index (χ2n) is 6.74. The van der Waals surface area contributed by atoms with Gasteiger partial charge in [-0.15, -0.1) is 0 Å². The van der Waals surface area contributed by atoms with E-state index >= 15 is 0 Å².